The van der Waals surface area contributed by atoms with Gasteiger partial charge in [0.15, 0.2) is 6.10 Å². The number of carbonyl (C=O) groups is 4. The molecule has 61 heavy (non-hydrogen) atoms. The Kier molecular flexibility index (Phi) is 32.2. The van der Waals surface area contributed by atoms with Crippen LogP contribution in [0.4, 0.5) is 0 Å². The molecule has 14 nitrogen and oxygen atoms in total. The van der Waals surface area contributed by atoms with E-state index in [2.05, 4.69) is 54.8 Å². The van der Waals surface area contributed by atoms with E-state index in [9.17, 15) is 38.8 Å². The zero-order valence-electron chi connectivity index (χ0n) is 36.7. The fraction of sp³-hybridized carbons (Fsp3) is 0.696. The molecule has 0 aromatic carbocycles. The Balaban J connectivity index is 2.52. The van der Waals surface area contributed by atoms with Crippen molar-refractivity contribution in [2.24, 2.45) is 17.6 Å². The van der Waals surface area contributed by atoms with Crippen LogP contribution in [-0.4, -0.2) is 88.1 Å². The molecule has 0 heterocycles. The number of aliphatic hydroxyl groups is 2. The van der Waals surface area contributed by atoms with Crippen molar-refractivity contribution in [2.75, 3.05) is 19.8 Å². The average Bonchev–Trinajstić information content (AvgIpc) is 3.49. The number of rotatable bonds is 37. The van der Waals surface area contributed by atoms with Crippen molar-refractivity contribution in [1.82, 2.24) is 0 Å². The third-order valence-corrected chi connectivity index (χ3v) is 11.1. The highest BCUT2D eigenvalue weighted by Gasteiger charge is 2.39. The lowest BCUT2D eigenvalue weighted by Gasteiger charge is -2.20. The van der Waals surface area contributed by atoms with Crippen LogP contribution in [-0.2, 0) is 42.3 Å². The molecule has 0 aromatic heterocycles. The highest BCUT2D eigenvalue weighted by molar-refractivity contribution is 7.47. The lowest BCUT2D eigenvalue weighted by atomic mass is 9.90. The Morgan fingerprint density at radius 3 is 2.02 bits per heavy atom. The van der Waals surface area contributed by atoms with E-state index in [0.29, 0.717) is 32.1 Å². The number of carbonyl (C=O) groups excluding carboxylic acids is 3. The molecule has 1 aliphatic carbocycles. The summed E-state index contributed by atoms with van der Waals surface area (Å²) in [4.78, 5) is 58.7. The Morgan fingerprint density at radius 1 is 0.770 bits per heavy atom. The fourth-order valence-corrected chi connectivity index (χ4v) is 7.24. The van der Waals surface area contributed by atoms with Gasteiger partial charge in [-0.3, -0.25) is 28.2 Å². The van der Waals surface area contributed by atoms with Crippen LogP contribution in [0.3, 0.4) is 0 Å². The molecule has 1 saturated carbocycles. The molecule has 0 aromatic rings. The summed E-state index contributed by atoms with van der Waals surface area (Å²) >= 11 is 0. The summed E-state index contributed by atoms with van der Waals surface area (Å²) in [5.74, 6) is -3.47. The van der Waals surface area contributed by atoms with Crippen LogP contribution in [0.15, 0.2) is 60.8 Å². The molecule has 1 rings (SSSR count). The maximum absolute atomic E-state index is 12.7. The smallest absolute Gasteiger partial charge is 0.472 e. The van der Waals surface area contributed by atoms with Crippen LogP contribution in [0.1, 0.15) is 149 Å². The molecule has 0 saturated heterocycles. The predicted octanol–water partition coefficient (Wildman–Crippen LogP) is 8.54. The second kappa shape index (κ2) is 35.3. The highest BCUT2D eigenvalue weighted by atomic mass is 31.2. The van der Waals surface area contributed by atoms with Crippen molar-refractivity contribution in [3.05, 3.63) is 60.8 Å². The molecule has 7 atom stereocenters. The van der Waals surface area contributed by atoms with Gasteiger partial charge < -0.3 is 35.4 Å². The molecular weight excluding hydrogens is 805 g/mol. The number of nitrogens with two attached hydrogens (primary N) is 1. The zero-order valence-corrected chi connectivity index (χ0v) is 37.6. The molecule has 0 bridgehead atoms. The van der Waals surface area contributed by atoms with Crippen LogP contribution in [0.2, 0.25) is 0 Å². The van der Waals surface area contributed by atoms with E-state index in [-0.39, 0.29) is 31.0 Å². The fourth-order valence-electron chi connectivity index (χ4n) is 6.46. The predicted molar refractivity (Wildman–Crippen MR) is 236 cm³/mol. The number of carboxylic acid groups (broad SMARTS) is 1. The standard InChI is InChI=1S/C46H76NO13P/c1-3-5-7-8-9-10-11-12-13-14-15-16-17-18-19-20-26-30-45(52)60-38(35-58-61(55,56)59-36-41(47)46(53)54)34-57-44(51)29-25-22-21-24-28-39-40(43(50)33-42(39)49)32-31-37(48)27-23-6-4-2/h9-10,12-13,15-16,21,24,31-32,37-42,48-49H,3-8,11,14,17-20,22-23,25-30,33-36,47H2,1-2H3,(H,53,54)(H,55,56)/b10-9-,13-12-,16-15-,24-21-,32-31+/t37-,38+,39+,40+,41-,42-/m0/s1. The minimum atomic E-state index is -4.79. The number of hydrogen-bond donors (Lipinski definition) is 5. The van der Waals surface area contributed by atoms with Crippen molar-refractivity contribution >= 4 is 31.5 Å². The summed E-state index contributed by atoms with van der Waals surface area (Å²) in [5, 5.41) is 29.6. The van der Waals surface area contributed by atoms with Gasteiger partial charge in [-0.25, -0.2) is 4.57 Å². The second-order valence-corrected chi connectivity index (χ2v) is 17.1. The van der Waals surface area contributed by atoms with Gasteiger partial charge in [-0.15, -0.1) is 0 Å². The highest BCUT2D eigenvalue weighted by Crippen LogP contribution is 2.43. The molecule has 6 N–H and O–H groups in total. The van der Waals surface area contributed by atoms with Gasteiger partial charge in [0.05, 0.1) is 25.4 Å². The summed E-state index contributed by atoms with van der Waals surface area (Å²) < 4.78 is 32.6. The number of allylic oxidation sites excluding steroid dienone is 9. The van der Waals surface area contributed by atoms with Gasteiger partial charge in [0.2, 0.25) is 0 Å². The molecule has 0 amide bonds. The van der Waals surface area contributed by atoms with Gasteiger partial charge in [0, 0.05) is 31.1 Å². The first-order valence-electron chi connectivity index (χ1n) is 22.4. The summed E-state index contributed by atoms with van der Waals surface area (Å²) in [7, 11) is -4.79. The summed E-state index contributed by atoms with van der Waals surface area (Å²) in [6, 6.07) is -1.57. The van der Waals surface area contributed by atoms with Gasteiger partial charge >= 0.3 is 25.7 Å². The van der Waals surface area contributed by atoms with E-state index < -0.39 is 75.8 Å². The topological polar surface area (TPSA) is 229 Å². The normalized spacial score (nSPS) is 19.7. The Labute approximate surface area is 364 Å². The van der Waals surface area contributed by atoms with E-state index in [4.69, 9.17) is 24.8 Å². The molecule has 1 fully saturated rings. The van der Waals surface area contributed by atoms with Crippen LogP contribution < -0.4 is 5.73 Å². The molecule has 1 aliphatic rings. The van der Waals surface area contributed by atoms with Gasteiger partial charge in [-0.1, -0.05) is 120 Å². The first-order chi connectivity index (χ1) is 29.3. The number of aliphatic carboxylic acids is 1. The van der Waals surface area contributed by atoms with Crippen molar-refractivity contribution in [1.29, 1.82) is 0 Å². The van der Waals surface area contributed by atoms with Gasteiger partial charge in [-0.2, -0.15) is 0 Å². The Hall–Kier alpha value is -3.23. The molecule has 348 valence electrons. The quantitative estimate of drug-likeness (QED) is 0.0171. The van der Waals surface area contributed by atoms with Crippen LogP contribution in [0, 0.1) is 11.8 Å². The number of phosphoric acid groups is 1. The number of ketones is 1. The molecule has 1 unspecified atom stereocenters. The maximum atomic E-state index is 12.7. The Morgan fingerprint density at radius 2 is 1.34 bits per heavy atom. The summed E-state index contributed by atoms with van der Waals surface area (Å²) in [6.07, 6.45) is 33.7. The third-order valence-electron chi connectivity index (χ3n) is 10.1. The first kappa shape index (κ1) is 55.8. The van der Waals surface area contributed by atoms with Gasteiger partial charge in [0.1, 0.15) is 18.4 Å². The Bertz CT molecular complexity index is 1430. The number of aliphatic hydroxyl groups excluding tert-OH is 2. The minimum absolute atomic E-state index is 0.0229. The lowest BCUT2D eigenvalue weighted by molar-refractivity contribution is -0.161. The number of Topliss-reactive ketones (excluding diaryl/α,β-unsaturated/α-hetero) is 1. The molecule has 0 aliphatic heterocycles. The number of ether oxygens (including phenoxy) is 2. The van der Waals surface area contributed by atoms with Crippen molar-refractivity contribution in [2.45, 2.75) is 173 Å². The largest absolute Gasteiger partial charge is 0.480 e. The minimum Gasteiger partial charge on any atom is -0.480 e. The van der Waals surface area contributed by atoms with Crippen LogP contribution in [0.5, 0.6) is 0 Å². The number of carboxylic acids is 1. The van der Waals surface area contributed by atoms with E-state index in [1.807, 2.05) is 12.2 Å². The number of esters is 2. The van der Waals surface area contributed by atoms with Crippen molar-refractivity contribution in [3.63, 3.8) is 0 Å². The monoisotopic (exact) mass is 882 g/mol. The van der Waals surface area contributed by atoms with Crippen LogP contribution >= 0.6 is 7.82 Å². The number of hydrogen-bond acceptors (Lipinski definition) is 12. The molecular formula is C46H76NO13P. The third kappa shape index (κ3) is 29.7. The average molecular weight is 882 g/mol. The number of unbranched alkanes of at least 4 members (excludes halogenated alkanes) is 10. The van der Waals surface area contributed by atoms with E-state index in [0.717, 1.165) is 64.2 Å². The van der Waals surface area contributed by atoms with Crippen molar-refractivity contribution in [3.8, 4) is 0 Å². The lowest BCUT2D eigenvalue weighted by Crippen LogP contribution is -2.34. The van der Waals surface area contributed by atoms with Crippen LogP contribution in [0.25, 0.3) is 0 Å². The van der Waals surface area contributed by atoms with Gasteiger partial charge in [-0.05, 0) is 70.6 Å². The van der Waals surface area contributed by atoms with E-state index >= 15 is 0 Å². The first-order valence-corrected chi connectivity index (χ1v) is 23.9. The number of phosphoric ester groups is 1. The molecule has 0 radical (unpaired) electrons. The SMILES string of the molecule is CCCCC/C=C\C/C=C\C/C=C\CCCCCCC(=O)O[C@H](COC(=O)CCC/C=C\C[C@H]1[C@@H](O)CC(=O)[C@@H]1/C=C/[C@@H](O)CCCCC)COP(=O)(O)OC[C@H](N)C(=O)O. The van der Waals surface area contributed by atoms with E-state index in [1.165, 1.54) is 19.3 Å². The maximum Gasteiger partial charge on any atom is 0.472 e. The van der Waals surface area contributed by atoms with E-state index in [1.54, 1.807) is 12.2 Å². The van der Waals surface area contributed by atoms with Gasteiger partial charge in [0.25, 0.3) is 0 Å². The molecule has 0 spiro atoms. The van der Waals surface area contributed by atoms with Crippen molar-refractivity contribution < 1.29 is 62.5 Å². The second-order valence-electron chi connectivity index (χ2n) is 15.6. The zero-order chi connectivity index (χ0) is 45.1. The molecule has 15 heteroatoms. The summed E-state index contributed by atoms with van der Waals surface area (Å²) in [6.45, 7) is 2.36. The summed E-state index contributed by atoms with van der Waals surface area (Å²) in [5.41, 5.74) is 5.33.